The monoisotopic (exact) mass is 340 g/mol. The molecule has 1 aromatic heterocycles. The number of rotatable bonds is 4. The average molecular weight is 340 g/mol. The number of fused-ring (bicyclic) bond motifs is 2. The molecule has 0 aliphatic carbocycles. The van der Waals surface area contributed by atoms with Gasteiger partial charge in [0, 0.05) is 24.5 Å². The number of nitrogens with one attached hydrogen (secondary N) is 1. The van der Waals surface area contributed by atoms with Gasteiger partial charge in [-0.1, -0.05) is 42.5 Å². The van der Waals surface area contributed by atoms with Gasteiger partial charge in [0.1, 0.15) is 11.9 Å². The van der Waals surface area contributed by atoms with E-state index < -0.39 is 10.0 Å². The molecule has 0 radical (unpaired) electrons. The minimum Gasteiger partial charge on any atom is -0.488 e. The van der Waals surface area contributed by atoms with Crippen molar-refractivity contribution in [2.75, 3.05) is 6.54 Å². The summed E-state index contributed by atoms with van der Waals surface area (Å²) in [6.45, 7) is 0.210. The van der Waals surface area contributed by atoms with Gasteiger partial charge in [-0.05, 0) is 23.1 Å². The topological polar surface area (TPSA) is 68.3 Å². The molecule has 0 fully saturated rings. The van der Waals surface area contributed by atoms with Crippen LogP contribution in [0.3, 0.4) is 0 Å². The molecule has 0 amide bonds. The average Bonchev–Trinajstić information content (AvgIpc) is 3.03. The van der Waals surface area contributed by atoms with Gasteiger partial charge in [0.2, 0.25) is 0 Å². The summed E-state index contributed by atoms with van der Waals surface area (Å²) < 4.78 is 33.7. The molecule has 0 bridgehead atoms. The predicted octanol–water partition coefficient (Wildman–Crippen LogP) is 2.52. The largest absolute Gasteiger partial charge is 0.488 e. The van der Waals surface area contributed by atoms with Crippen LogP contribution >= 0.6 is 0 Å². The van der Waals surface area contributed by atoms with Crippen molar-refractivity contribution < 1.29 is 13.2 Å². The zero-order chi connectivity index (χ0) is 16.6. The Labute approximate surface area is 140 Å². The van der Waals surface area contributed by atoms with Gasteiger partial charge in [-0.3, -0.25) is 0 Å². The van der Waals surface area contributed by atoms with Crippen LogP contribution < -0.4 is 9.46 Å². The smallest absolute Gasteiger partial charge is 0.258 e. The van der Waals surface area contributed by atoms with Crippen LogP contribution in [-0.2, 0) is 16.4 Å². The van der Waals surface area contributed by atoms with Crippen LogP contribution in [0.1, 0.15) is 5.56 Å². The van der Waals surface area contributed by atoms with E-state index in [9.17, 15) is 8.42 Å². The van der Waals surface area contributed by atoms with Crippen molar-refractivity contribution in [2.24, 2.45) is 0 Å². The van der Waals surface area contributed by atoms with Crippen LogP contribution in [0.2, 0.25) is 0 Å². The first-order valence-corrected chi connectivity index (χ1v) is 9.20. The van der Waals surface area contributed by atoms with Crippen LogP contribution in [0.5, 0.6) is 5.75 Å². The van der Waals surface area contributed by atoms with E-state index in [1.165, 1.54) is 6.20 Å². The first kappa shape index (κ1) is 15.1. The van der Waals surface area contributed by atoms with Gasteiger partial charge < -0.3 is 4.74 Å². The molecule has 0 spiro atoms. The fourth-order valence-electron chi connectivity index (χ4n) is 2.94. The first-order valence-electron chi connectivity index (χ1n) is 7.71. The number of pyridine rings is 1. The van der Waals surface area contributed by atoms with E-state index >= 15 is 0 Å². The number of aromatic nitrogens is 1. The van der Waals surface area contributed by atoms with Gasteiger partial charge >= 0.3 is 0 Å². The van der Waals surface area contributed by atoms with Crippen molar-refractivity contribution in [1.29, 1.82) is 0 Å². The Balaban J connectivity index is 1.54. The van der Waals surface area contributed by atoms with Crippen molar-refractivity contribution in [3.63, 3.8) is 0 Å². The normalized spacial score (nSPS) is 16.8. The molecule has 1 atom stereocenters. The lowest BCUT2D eigenvalue weighted by Crippen LogP contribution is -2.34. The number of ether oxygens (including phenoxy) is 1. The number of para-hydroxylation sites is 1. The number of nitrogens with zero attached hydrogens (tertiary/aromatic N) is 1. The Morgan fingerprint density at radius 1 is 1.08 bits per heavy atom. The number of benzene rings is 2. The maximum Gasteiger partial charge on any atom is 0.258 e. The van der Waals surface area contributed by atoms with Crippen molar-refractivity contribution >= 4 is 20.8 Å². The predicted molar refractivity (Wildman–Crippen MR) is 91.5 cm³/mol. The van der Waals surface area contributed by atoms with Gasteiger partial charge in [0.05, 0.1) is 0 Å². The minimum atomic E-state index is -3.70. The summed E-state index contributed by atoms with van der Waals surface area (Å²) in [7, 11) is -3.70. The fourth-order valence-corrected chi connectivity index (χ4v) is 4.16. The molecular weight excluding hydrogens is 324 g/mol. The maximum atomic E-state index is 12.6. The highest BCUT2D eigenvalue weighted by molar-refractivity contribution is 7.89. The molecule has 0 saturated carbocycles. The third-order valence-corrected chi connectivity index (χ3v) is 5.49. The summed E-state index contributed by atoms with van der Waals surface area (Å²) >= 11 is 0. The summed E-state index contributed by atoms with van der Waals surface area (Å²) in [6.07, 6.45) is 2.01. The summed E-state index contributed by atoms with van der Waals surface area (Å²) in [5.74, 6) is 0.824. The Kier molecular flexibility index (Phi) is 3.70. The van der Waals surface area contributed by atoms with E-state index in [2.05, 4.69) is 9.71 Å². The summed E-state index contributed by atoms with van der Waals surface area (Å²) in [5.41, 5.74) is 1.10. The molecule has 3 aromatic rings. The van der Waals surface area contributed by atoms with Gasteiger partial charge in [0.25, 0.3) is 10.0 Å². The second-order valence-electron chi connectivity index (χ2n) is 5.74. The van der Waals surface area contributed by atoms with Crippen LogP contribution in [0, 0.1) is 0 Å². The molecule has 122 valence electrons. The minimum absolute atomic E-state index is 0.0520. The zero-order valence-electron chi connectivity index (χ0n) is 12.8. The summed E-state index contributed by atoms with van der Waals surface area (Å²) in [5, 5.41) is 1.51. The standard InChI is InChI=1S/C18H16N2O3S/c21-24(22,18-16-7-3-1-5-13(16)9-10-19-18)20-12-15-11-14-6-2-4-8-17(14)23-15/h1-10,15,20H,11-12H2. The molecule has 2 aromatic carbocycles. The molecule has 24 heavy (non-hydrogen) atoms. The molecule has 2 heterocycles. The summed E-state index contributed by atoms with van der Waals surface area (Å²) in [4.78, 5) is 4.07. The lowest BCUT2D eigenvalue weighted by atomic mass is 10.1. The maximum absolute atomic E-state index is 12.6. The third-order valence-electron chi connectivity index (χ3n) is 4.11. The SMILES string of the molecule is O=S(=O)(NCC1Cc2ccccc2O1)c1nccc2ccccc12. The Bertz CT molecular complexity index is 972. The highest BCUT2D eigenvalue weighted by Crippen LogP contribution is 2.28. The lowest BCUT2D eigenvalue weighted by molar-refractivity contribution is 0.236. The molecule has 6 heteroatoms. The number of hydrogen-bond donors (Lipinski definition) is 1. The fraction of sp³-hybridized carbons (Fsp3) is 0.167. The second-order valence-corrected chi connectivity index (χ2v) is 7.42. The molecule has 1 aliphatic heterocycles. The zero-order valence-corrected chi connectivity index (χ0v) is 13.7. The Hall–Kier alpha value is -2.44. The van der Waals surface area contributed by atoms with Crippen molar-refractivity contribution in [3.8, 4) is 5.75 Å². The third kappa shape index (κ3) is 2.74. The Morgan fingerprint density at radius 2 is 1.88 bits per heavy atom. The molecule has 0 saturated heterocycles. The molecule has 4 rings (SSSR count). The van der Waals surface area contributed by atoms with E-state index in [1.807, 2.05) is 36.4 Å². The van der Waals surface area contributed by atoms with Gasteiger partial charge in [-0.25, -0.2) is 18.1 Å². The van der Waals surface area contributed by atoms with E-state index in [0.717, 1.165) is 16.7 Å². The highest BCUT2D eigenvalue weighted by atomic mass is 32.2. The van der Waals surface area contributed by atoms with Crippen LogP contribution in [0.4, 0.5) is 0 Å². The van der Waals surface area contributed by atoms with E-state index in [4.69, 9.17) is 4.74 Å². The molecule has 1 N–H and O–H groups in total. The highest BCUT2D eigenvalue weighted by Gasteiger charge is 2.25. The van der Waals surface area contributed by atoms with E-state index in [-0.39, 0.29) is 17.7 Å². The van der Waals surface area contributed by atoms with E-state index in [1.54, 1.807) is 18.2 Å². The van der Waals surface area contributed by atoms with Crippen molar-refractivity contribution in [2.45, 2.75) is 17.6 Å². The first-order chi connectivity index (χ1) is 11.6. The molecule has 1 aliphatic rings. The second kappa shape index (κ2) is 5.89. The van der Waals surface area contributed by atoms with Gasteiger partial charge in [-0.2, -0.15) is 0 Å². The Morgan fingerprint density at radius 3 is 2.75 bits per heavy atom. The molecule has 1 unspecified atom stereocenters. The number of hydrogen-bond acceptors (Lipinski definition) is 4. The quantitative estimate of drug-likeness (QED) is 0.792. The van der Waals surface area contributed by atoms with Crippen LogP contribution in [-0.4, -0.2) is 26.1 Å². The van der Waals surface area contributed by atoms with Gasteiger partial charge in [-0.15, -0.1) is 0 Å². The van der Waals surface area contributed by atoms with Crippen molar-refractivity contribution in [3.05, 3.63) is 66.4 Å². The van der Waals surface area contributed by atoms with Crippen LogP contribution in [0.15, 0.2) is 65.8 Å². The molecule has 5 nitrogen and oxygen atoms in total. The van der Waals surface area contributed by atoms with Gasteiger partial charge in [0.15, 0.2) is 5.03 Å². The van der Waals surface area contributed by atoms with Crippen molar-refractivity contribution in [1.82, 2.24) is 9.71 Å². The lowest BCUT2D eigenvalue weighted by Gasteiger charge is -2.13. The number of sulfonamides is 1. The van der Waals surface area contributed by atoms with Crippen LogP contribution in [0.25, 0.3) is 10.8 Å². The van der Waals surface area contributed by atoms with E-state index in [0.29, 0.717) is 11.8 Å². The summed E-state index contributed by atoms with van der Waals surface area (Å²) in [6, 6.07) is 16.9. The molecular formula is C18H16N2O3S.